The first kappa shape index (κ1) is 16.7. The monoisotopic (exact) mass is 319 g/mol. The molecule has 0 aromatic heterocycles. The molecule has 8 heteroatoms. The van der Waals surface area contributed by atoms with Crippen molar-refractivity contribution in [1.82, 2.24) is 14.9 Å². The molecule has 0 saturated carbocycles. The third kappa shape index (κ3) is 5.54. The fraction of sp³-hybridized carbons (Fsp3) is 0.923. The molecule has 0 aromatic rings. The maximum Gasteiger partial charge on any atom is 0.224 e. The van der Waals surface area contributed by atoms with Crippen molar-refractivity contribution < 1.29 is 17.9 Å². The minimum atomic E-state index is -3.22. The standard InChI is InChI=1S/C13H25N3O4S/c1-21(18,19)15-9-12-4-2-3-6-16(12)13(17)8-11-10-20-7-5-14-11/h11-12,14-15H,2-10H2,1H3. The molecule has 2 rings (SSSR count). The highest BCUT2D eigenvalue weighted by Crippen LogP contribution is 2.18. The van der Waals surface area contributed by atoms with Crippen molar-refractivity contribution in [3.8, 4) is 0 Å². The Labute approximate surface area is 126 Å². The summed E-state index contributed by atoms with van der Waals surface area (Å²) in [5.41, 5.74) is 0. The maximum absolute atomic E-state index is 12.5. The number of nitrogens with zero attached hydrogens (tertiary/aromatic N) is 1. The van der Waals surface area contributed by atoms with Gasteiger partial charge in [-0.2, -0.15) is 0 Å². The Morgan fingerprint density at radius 2 is 2.24 bits per heavy atom. The minimum absolute atomic E-state index is 0.0366. The molecule has 0 radical (unpaired) electrons. The van der Waals surface area contributed by atoms with Crippen molar-refractivity contribution in [3.63, 3.8) is 0 Å². The van der Waals surface area contributed by atoms with Gasteiger partial charge >= 0.3 is 0 Å². The van der Waals surface area contributed by atoms with Crippen LogP contribution in [0.5, 0.6) is 0 Å². The van der Waals surface area contributed by atoms with Gasteiger partial charge in [0.15, 0.2) is 0 Å². The third-order valence-corrected chi connectivity index (χ3v) is 4.64. The normalized spacial score (nSPS) is 27.6. The second kappa shape index (κ2) is 7.53. The van der Waals surface area contributed by atoms with E-state index in [4.69, 9.17) is 4.74 Å². The first-order chi connectivity index (χ1) is 9.96. The van der Waals surface area contributed by atoms with Crippen molar-refractivity contribution >= 4 is 15.9 Å². The molecule has 0 aliphatic carbocycles. The molecule has 21 heavy (non-hydrogen) atoms. The van der Waals surface area contributed by atoms with Crippen LogP contribution >= 0.6 is 0 Å². The van der Waals surface area contributed by atoms with Gasteiger partial charge in [-0.1, -0.05) is 0 Å². The predicted molar refractivity (Wildman–Crippen MR) is 79.4 cm³/mol. The van der Waals surface area contributed by atoms with Crippen molar-refractivity contribution in [2.75, 3.05) is 39.1 Å². The minimum Gasteiger partial charge on any atom is -0.378 e. The second-order valence-corrected chi connectivity index (χ2v) is 7.62. The van der Waals surface area contributed by atoms with Crippen LogP contribution in [-0.4, -0.2) is 70.4 Å². The van der Waals surface area contributed by atoms with Crippen LogP contribution < -0.4 is 10.0 Å². The lowest BCUT2D eigenvalue weighted by Crippen LogP contribution is -2.52. The number of ether oxygens (including phenoxy) is 1. The van der Waals surface area contributed by atoms with Crippen molar-refractivity contribution in [2.24, 2.45) is 0 Å². The smallest absolute Gasteiger partial charge is 0.224 e. The van der Waals surface area contributed by atoms with E-state index in [0.29, 0.717) is 32.7 Å². The molecular formula is C13H25N3O4S. The zero-order valence-corrected chi connectivity index (χ0v) is 13.3. The summed E-state index contributed by atoms with van der Waals surface area (Å²) >= 11 is 0. The summed E-state index contributed by atoms with van der Waals surface area (Å²) < 4.78 is 30.3. The molecule has 122 valence electrons. The Kier molecular flexibility index (Phi) is 5.98. The van der Waals surface area contributed by atoms with E-state index >= 15 is 0 Å². The van der Waals surface area contributed by atoms with E-state index in [0.717, 1.165) is 32.1 Å². The molecule has 7 nitrogen and oxygen atoms in total. The van der Waals surface area contributed by atoms with Gasteiger partial charge in [0, 0.05) is 38.1 Å². The van der Waals surface area contributed by atoms with Crippen LogP contribution in [0.25, 0.3) is 0 Å². The molecular weight excluding hydrogens is 294 g/mol. The number of likely N-dealkylation sites (tertiary alicyclic amines) is 1. The Hall–Kier alpha value is -0.700. The van der Waals surface area contributed by atoms with Crippen molar-refractivity contribution in [1.29, 1.82) is 0 Å². The van der Waals surface area contributed by atoms with Crippen LogP contribution in [0.4, 0.5) is 0 Å². The average molecular weight is 319 g/mol. The fourth-order valence-electron chi connectivity index (χ4n) is 2.87. The molecule has 2 atom stereocenters. The highest BCUT2D eigenvalue weighted by molar-refractivity contribution is 7.88. The largest absolute Gasteiger partial charge is 0.378 e. The van der Waals surface area contributed by atoms with Gasteiger partial charge in [-0.05, 0) is 19.3 Å². The van der Waals surface area contributed by atoms with E-state index in [9.17, 15) is 13.2 Å². The van der Waals surface area contributed by atoms with E-state index in [1.54, 1.807) is 0 Å². The van der Waals surface area contributed by atoms with Crippen LogP contribution in [0, 0.1) is 0 Å². The van der Waals surface area contributed by atoms with Gasteiger partial charge in [0.2, 0.25) is 15.9 Å². The van der Waals surface area contributed by atoms with Gasteiger partial charge in [0.05, 0.1) is 19.5 Å². The second-order valence-electron chi connectivity index (χ2n) is 5.79. The van der Waals surface area contributed by atoms with Gasteiger partial charge in [0.1, 0.15) is 0 Å². The SMILES string of the molecule is CS(=O)(=O)NCC1CCCCN1C(=O)CC1COCCN1. The topological polar surface area (TPSA) is 87.7 Å². The van der Waals surface area contributed by atoms with Crippen molar-refractivity contribution in [2.45, 2.75) is 37.8 Å². The zero-order chi connectivity index (χ0) is 15.3. The number of amides is 1. The molecule has 0 aromatic carbocycles. The lowest BCUT2D eigenvalue weighted by atomic mass is 10.0. The highest BCUT2D eigenvalue weighted by atomic mass is 32.2. The number of rotatable bonds is 5. The van der Waals surface area contributed by atoms with Crippen molar-refractivity contribution in [3.05, 3.63) is 0 Å². The number of carbonyl (C=O) groups excluding carboxylic acids is 1. The fourth-order valence-corrected chi connectivity index (χ4v) is 3.36. The van der Waals surface area contributed by atoms with Gasteiger partial charge in [-0.15, -0.1) is 0 Å². The lowest BCUT2D eigenvalue weighted by molar-refractivity contribution is -0.136. The van der Waals surface area contributed by atoms with Crippen LogP contribution in [0.1, 0.15) is 25.7 Å². The molecule has 2 unspecified atom stereocenters. The van der Waals surface area contributed by atoms with Crippen LogP contribution in [0.3, 0.4) is 0 Å². The molecule has 2 aliphatic heterocycles. The number of sulfonamides is 1. The predicted octanol–water partition coefficient (Wildman–Crippen LogP) is -0.705. The van der Waals surface area contributed by atoms with E-state index in [2.05, 4.69) is 10.0 Å². The summed E-state index contributed by atoms with van der Waals surface area (Å²) in [6, 6.07) is 0.0298. The summed E-state index contributed by atoms with van der Waals surface area (Å²) in [5, 5.41) is 3.28. The quantitative estimate of drug-likeness (QED) is 0.699. The first-order valence-electron chi connectivity index (χ1n) is 7.51. The number of piperidine rings is 1. The lowest BCUT2D eigenvalue weighted by Gasteiger charge is -2.37. The zero-order valence-electron chi connectivity index (χ0n) is 12.5. The van der Waals surface area contributed by atoms with Gasteiger partial charge in [-0.3, -0.25) is 4.79 Å². The van der Waals surface area contributed by atoms with Crippen LogP contribution in [0.2, 0.25) is 0 Å². The van der Waals surface area contributed by atoms with E-state index in [1.807, 2.05) is 4.90 Å². The van der Waals surface area contributed by atoms with E-state index in [1.165, 1.54) is 0 Å². The molecule has 2 heterocycles. The van der Waals surface area contributed by atoms with E-state index in [-0.39, 0.29) is 18.0 Å². The summed E-state index contributed by atoms with van der Waals surface area (Å²) in [5.74, 6) is 0.0815. The summed E-state index contributed by atoms with van der Waals surface area (Å²) in [4.78, 5) is 14.3. The summed E-state index contributed by atoms with van der Waals surface area (Å²) in [7, 11) is -3.22. The summed E-state index contributed by atoms with van der Waals surface area (Å²) in [6.45, 7) is 3.04. The third-order valence-electron chi connectivity index (χ3n) is 3.95. The Balaban J connectivity index is 1.88. The Morgan fingerprint density at radius 1 is 1.43 bits per heavy atom. The molecule has 2 aliphatic rings. The van der Waals surface area contributed by atoms with E-state index < -0.39 is 10.0 Å². The Bertz CT molecular complexity index is 448. The van der Waals surface area contributed by atoms with Crippen LogP contribution in [-0.2, 0) is 19.6 Å². The number of carbonyl (C=O) groups is 1. The summed E-state index contributed by atoms with van der Waals surface area (Å²) in [6.07, 6.45) is 4.42. The number of hydrogen-bond acceptors (Lipinski definition) is 5. The number of hydrogen-bond donors (Lipinski definition) is 2. The first-order valence-corrected chi connectivity index (χ1v) is 9.40. The van der Waals surface area contributed by atoms with Gasteiger partial charge < -0.3 is 15.0 Å². The number of morpholine rings is 1. The van der Waals surface area contributed by atoms with Crippen LogP contribution in [0.15, 0.2) is 0 Å². The molecule has 2 fully saturated rings. The van der Waals surface area contributed by atoms with Gasteiger partial charge in [-0.25, -0.2) is 13.1 Å². The molecule has 2 N–H and O–H groups in total. The number of nitrogens with one attached hydrogen (secondary N) is 2. The molecule has 0 spiro atoms. The highest BCUT2D eigenvalue weighted by Gasteiger charge is 2.29. The Morgan fingerprint density at radius 3 is 2.90 bits per heavy atom. The molecule has 0 bridgehead atoms. The van der Waals surface area contributed by atoms with Gasteiger partial charge in [0.25, 0.3) is 0 Å². The molecule has 2 saturated heterocycles. The maximum atomic E-state index is 12.5. The molecule has 1 amide bonds. The average Bonchev–Trinajstić information content (AvgIpc) is 2.46.